The number of phosphoric acid groups is 2. The Kier molecular flexibility index (Phi) is 8.74. The van der Waals surface area contributed by atoms with Gasteiger partial charge in [0, 0.05) is 0 Å². The molecule has 0 aliphatic heterocycles. The molecule has 0 aromatic heterocycles. The maximum atomic E-state index is 11.4. The predicted octanol–water partition coefficient (Wildman–Crippen LogP) is 3.61. The fraction of sp³-hybridized carbons (Fsp3) is 1.00. The molecule has 10 heteroatoms. The van der Waals surface area contributed by atoms with Crippen LogP contribution >= 0.6 is 15.6 Å². The van der Waals surface area contributed by atoms with Crippen molar-refractivity contribution in [3.05, 3.63) is 0 Å². The molecule has 0 aliphatic carbocycles. The van der Waals surface area contributed by atoms with E-state index in [1.807, 2.05) is 0 Å². The van der Waals surface area contributed by atoms with Crippen LogP contribution in [-0.4, -0.2) is 31.5 Å². The highest BCUT2D eigenvalue weighted by Gasteiger charge is 2.33. The van der Waals surface area contributed by atoms with E-state index in [-0.39, 0.29) is 0 Å². The minimum atomic E-state index is -4.29. The Labute approximate surface area is 133 Å². The van der Waals surface area contributed by atoms with Crippen LogP contribution in [0.5, 0.6) is 0 Å². The van der Waals surface area contributed by atoms with Gasteiger partial charge < -0.3 is 14.7 Å². The molecule has 136 valence electrons. The van der Waals surface area contributed by atoms with Crippen LogP contribution in [-0.2, 0) is 22.7 Å². The van der Waals surface area contributed by atoms with E-state index < -0.39 is 32.4 Å². The summed E-state index contributed by atoms with van der Waals surface area (Å²) in [5, 5.41) is 0. The Balaban J connectivity index is 0. The number of hydrogen-bond donors (Lipinski definition) is 3. The van der Waals surface area contributed by atoms with E-state index in [2.05, 4.69) is 4.52 Å². The highest BCUT2D eigenvalue weighted by Crippen LogP contribution is 2.50. The Hall–Kier alpha value is 0.220. The highest BCUT2D eigenvalue weighted by atomic mass is 31.2. The molecule has 0 heterocycles. The summed E-state index contributed by atoms with van der Waals surface area (Å²) in [6.45, 7) is 14.9. The maximum Gasteiger partial charge on any atom is 0.473 e. The molecule has 0 radical (unpaired) electrons. The molecule has 0 unspecified atom stereocenters. The fourth-order valence-corrected chi connectivity index (χ4v) is 3.20. The lowest BCUT2D eigenvalue weighted by Crippen LogP contribution is -2.23. The normalized spacial score (nSPS) is 14.4. The molecule has 0 saturated heterocycles. The van der Waals surface area contributed by atoms with Crippen LogP contribution in [0.25, 0.3) is 0 Å². The maximum absolute atomic E-state index is 11.4. The van der Waals surface area contributed by atoms with Gasteiger partial charge in [-0.3, -0.25) is 13.6 Å². The topological polar surface area (TPSA) is 123 Å². The van der Waals surface area contributed by atoms with Gasteiger partial charge in [-0.1, -0.05) is 0 Å². The van der Waals surface area contributed by atoms with E-state index in [0.29, 0.717) is 0 Å². The van der Waals surface area contributed by atoms with Crippen LogP contribution in [0.1, 0.15) is 62.3 Å². The lowest BCUT2D eigenvalue weighted by Gasteiger charge is -2.27. The molecule has 0 amide bonds. The Morgan fingerprint density at radius 1 is 0.591 bits per heavy atom. The summed E-state index contributed by atoms with van der Waals surface area (Å²) >= 11 is 0. The van der Waals surface area contributed by atoms with Crippen molar-refractivity contribution in [3.8, 4) is 0 Å². The second-order valence-corrected chi connectivity index (χ2v) is 10.0. The molecule has 0 saturated carbocycles. The lowest BCUT2D eigenvalue weighted by molar-refractivity contribution is 0.0186. The van der Waals surface area contributed by atoms with Crippen LogP contribution in [0.3, 0.4) is 0 Å². The molecule has 0 rings (SSSR count). The average molecular weight is 364 g/mol. The van der Waals surface area contributed by atoms with Crippen molar-refractivity contribution in [2.75, 3.05) is 0 Å². The minimum Gasteiger partial charge on any atom is -0.303 e. The van der Waals surface area contributed by atoms with Crippen molar-refractivity contribution in [2.24, 2.45) is 0 Å². The molecule has 8 nitrogen and oxygen atoms in total. The van der Waals surface area contributed by atoms with Crippen LogP contribution in [0.15, 0.2) is 0 Å². The summed E-state index contributed by atoms with van der Waals surface area (Å²) < 4.78 is 35.5. The van der Waals surface area contributed by atoms with Gasteiger partial charge >= 0.3 is 15.6 Å². The van der Waals surface area contributed by atoms with Gasteiger partial charge in [0.05, 0.1) is 16.8 Å². The van der Waals surface area contributed by atoms with Gasteiger partial charge in [0.15, 0.2) is 0 Å². The summed E-state index contributed by atoms with van der Waals surface area (Å²) in [5.41, 5.74) is -2.15. The molecule has 0 atom stereocenters. The van der Waals surface area contributed by atoms with Crippen molar-refractivity contribution in [1.82, 2.24) is 0 Å². The summed E-state index contributed by atoms with van der Waals surface area (Å²) in [7, 11) is -8.22. The molecular weight excluding hydrogens is 334 g/mol. The number of hydrogen-bond acceptors (Lipinski definition) is 5. The zero-order chi connectivity index (χ0) is 18.6. The molecule has 3 N–H and O–H groups in total. The first-order valence-electron chi connectivity index (χ1n) is 6.63. The van der Waals surface area contributed by atoms with Gasteiger partial charge in [0.25, 0.3) is 0 Å². The first kappa shape index (κ1) is 24.5. The van der Waals surface area contributed by atoms with E-state index in [1.165, 1.54) is 0 Å². The van der Waals surface area contributed by atoms with Gasteiger partial charge in [-0.15, -0.1) is 0 Å². The third-order valence-electron chi connectivity index (χ3n) is 1.17. The van der Waals surface area contributed by atoms with E-state index in [4.69, 9.17) is 18.8 Å². The monoisotopic (exact) mass is 364 g/mol. The second kappa shape index (κ2) is 7.86. The third kappa shape index (κ3) is 22.5. The van der Waals surface area contributed by atoms with Gasteiger partial charge in [-0.25, -0.2) is 9.13 Å². The van der Waals surface area contributed by atoms with E-state index in [0.717, 1.165) is 0 Å². The summed E-state index contributed by atoms with van der Waals surface area (Å²) in [4.78, 5) is 25.8. The van der Waals surface area contributed by atoms with E-state index >= 15 is 0 Å². The molecule has 0 bridgehead atoms. The molecule has 0 aromatic rings. The van der Waals surface area contributed by atoms with E-state index in [1.54, 1.807) is 62.3 Å². The SMILES string of the molecule is CC(C)(C)OP(=O)(O)O.CC(C)(C)OP(=O)(O)OC(C)(C)C. The van der Waals surface area contributed by atoms with Gasteiger partial charge in [-0.2, -0.15) is 0 Å². The molecule has 0 fully saturated rings. The highest BCUT2D eigenvalue weighted by molar-refractivity contribution is 7.47. The Bertz CT molecular complexity index is 402. The predicted molar refractivity (Wildman–Crippen MR) is 84.4 cm³/mol. The number of rotatable bonds is 3. The molecule has 22 heavy (non-hydrogen) atoms. The summed E-state index contributed by atoms with van der Waals surface area (Å²) in [5.74, 6) is 0. The van der Waals surface area contributed by atoms with Crippen LogP contribution in [0.4, 0.5) is 0 Å². The Morgan fingerprint density at radius 2 is 0.818 bits per heavy atom. The van der Waals surface area contributed by atoms with Gasteiger partial charge in [-0.05, 0) is 62.3 Å². The summed E-state index contributed by atoms with van der Waals surface area (Å²) in [6, 6.07) is 0. The second-order valence-electron chi connectivity index (χ2n) is 7.57. The van der Waals surface area contributed by atoms with E-state index in [9.17, 15) is 14.0 Å². The standard InChI is InChI=1S/C8H19O4P.C4H11O4P/c1-7(2,3)11-13(9,10)12-8(4,5)6;1-4(2,3)8-9(5,6)7/h1-6H3,(H,9,10);1-3H3,(H2,5,6,7). The third-order valence-corrected chi connectivity index (χ3v) is 3.51. The van der Waals surface area contributed by atoms with Gasteiger partial charge in [0.1, 0.15) is 0 Å². The number of phosphoric ester groups is 2. The van der Waals surface area contributed by atoms with Crippen molar-refractivity contribution >= 4 is 15.6 Å². The molecule has 0 spiro atoms. The van der Waals surface area contributed by atoms with Gasteiger partial charge in [0.2, 0.25) is 0 Å². The largest absolute Gasteiger partial charge is 0.473 e. The van der Waals surface area contributed by atoms with Crippen molar-refractivity contribution < 1.29 is 37.4 Å². The molecule has 0 aromatic carbocycles. The summed E-state index contributed by atoms with van der Waals surface area (Å²) in [6.07, 6.45) is 0. The Morgan fingerprint density at radius 3 is 0.909 bits per heavy atom. The zero-order valence-electron chi connectivity index (χ0n) is 14.8. The lowest BCUT2D eigenvalue weighted by atomic mass is 10.2. The van der Waals surface area contributed by atoms with Crippen molar-refractivity contribution in [2.45, 2.75) is 79.1 Å². The zero-order valence-corrected chi connectivity index (χ0v) is 16.6. The first-order chi connectivity index (χ1) is 9.12. The van der Waals surface area contributed by atoms with Crippen LogP contribution in [0, 0.1) is 0 Å². The molecule has 0 aliphatic rings. The smallest absolute Gasteiger partial charge is 0.303 e. The minimum absolute atomic E-state index is 0.685. The van der Waals surface area contributed by atoms with Crippen LogP contribution < -0.4 is 0 Å². The average Bonchev–Trinajstić information content (AvgIpc) is 1.82. The van der Waals surface area contributed by atoms with Crippen LogP contribution in [0.2, 0.25) is 0 Å². The quantitative estimate of drug-likeness (QED) is 0.649. The first-order valence-corrected chi connectivity index (χ1v) is 9.65. The van der Waals surface area contributed by atoms with Crippen molar-refractivity contribution in [1.29, 1.82) is 0 Å². The fourth-order valence-electron chi connectivity index (χ4n) is 1.07. The van der Waals surface area contributed by atoms with Crippen molar-refractivity contribution in [3.63, 3.8) is 0 Å². The molecular formula is C12H30O8P2.